The van der Waals surface area contributed by atoms with Gasteiger partial charge in [0.25, 0.3) is 0 Å². The molecule has 106 valence electrons. The second-order valence-corrected chi connectivity index (χ2v) is 6.64. The molecule has 0 aromatic rings. The smallest absolute Gasteiger partial charge is 0.316 e. The first-order valence-electron chi connectivity index (χ1n) is 6.19. The Kier molecular flexibility index (Phi) is 5.54. The number of ether oxygens (including phenoxy) is 2. The van der Waals surface area contributed by atoms with E-state index in [-0.39, 0.29) is 11.2 Å². The SMILES string of the molecule is COC(C(=O)C(C)C(=O)OC(C)(C)C)C(C)(C)C. The maximum absolute atomic E-state index is 12.2. The fourth-order valence-corrected chi connectivity index (χ4v) is 1.63. The Morgan fingerprint density at radius 2 is 1.44 bits per heavy atom. The van der Waals surface area contributed by atoms with Gasteiger partial charge in [0.15, 0.2) is 5.78 Å². The maximum atomic E-state index is 12.2. The summed E-state index contributed by atoms with van der Waals surface area (Å²) in [7, 11) is 1.48. The predicted molar refractivity (Wildman–Crippen MR) is 70.3 cm³/mol. The molecule has 18 heavy (non-hydrogen) atoms. The normalized spacial score (nSPS) is 16.0. The Bertz CT molecular complexity index is 307. The third-order valence-corrected chi connectivity index (χ3v) is 2.47. The van der Waals surface area contributed by atoms with Gasteiger partial charge in [0.2, 0.25) is 0 Å². The summed E-state index contributed by atoms with van der Waals surface area (Å²) in [5.74, 6) is -1.55. The van der Waals surface area contributed by atoms with E-state index in [0.29, 0.717) is 0 Å². The van der Waals surface area contributed by atoms with Crippen molar-refractivity contribution >= 4 is 11.8 Å². The van der Waals surface area contributed by atoms with Crippen LogP contribution in [0.2, 0.25) is 0 Å². The van der Waals surface area contributed by atoms with Gasteiger partial charge in [-0.3, -0.25) is 9.59 Å². The fraction of sp³-hybridized carbons (Fsp3) is 0.857. The number of carbonyl (C=O) groups is 2. The Morgan fingerprint density at radius 1 is 1.00 bits per heavy atom. The summed E-state index contributed by atoms with van der Waals surface area (Å²) in [6.07, 6.45) is -0.611. The second-order valence-electron chi connectivity index (χ2n) is 6.64. The van der Waals surface area contributed by atoms with Crippen molar-refractivity contribution in [3.05, 3.63) is 0 Å². The summed E-state index contributed by atoms with van der Waals surface area (Å²) >= 11 is 0. The summed E-state index contributed by atoms with van der Waals surface area (Å²) < 4.78 is 10.4. The lowest BCUT2D eigenvalue weighted by atomic mass is 9.83. The highest BCUT2D eigenvalue weighted by atomic mass is 16.6. The summed E-state index contributed by atoms with van der Waals surface area (Å²) in [6.45, 7) is 12.6. The quantitative estimate of drug-likeness (QED) is 0.574. The van der Waals surface area contributed by atoms with E-state index in [1.165, 1.54) is 7.11 Å². The highest BCUT2D eigenvalue weighted by Gasteiger charge is 2.38. The highest BCUT2D eigenvalue weighted by Crippen LogP contribution is 2.25. The summed E-state index contributed by atoms with van der Waals surface area (Å²) in [5.41, 5.74) is -0.933. The minimum atomic E-state index is -0.812. The van der Waals surface area contributed by atoms with Gasteiger partial charge in [0.05, 0.1) is 0 Å². The van der Waals surface area contributed by atoms with Crippen molar-refractivity contribution in [1.29, 1.82) is 0 Å². The van der Waals surface area contributed by atoms with Crippen LogP contribution in [-0.4, -0.2) is 30.6 Å². The van der Waals surface area contributed by atoms with Gasteiger partial charge in [0.1, 0.15) is 17.6 Å². The first-order valence-corrected chi connectivity index (χ1v) is 6.19. The Morgan fingerprint density at radius 3 is 1.72 bits per heavy atom. The van der Waals surface area contributed by atoms with E-state index in [1.807, 2.05) is 20.8 Å². The first-order chi connectivity index (χ1) is 7.90. The molecule has 2 atom stereocenters. The first kappa shape index (κ1) is 17.1. The number of rotatable bonds is 4. The van der Waals surface area contributed by atoms with Gasteiger partial charge in [-0.1, -0.05) is 20.8 Å². The number of Topliss-reactive ketones (excluding diaryl/α,β-unsaturated/α-hetero) is 1. The van der Waals surface area contributed by atoms with Crippen LogP contribution in [0.3, 0.4) is 0 Å². The van der Waals surface area contributed by atoms with Gasteiger partial charge in [-0.15, -0.1) is 0 Å². The van der Waals surface area contributed by atoms with Crippen LogP contribution in [0.25, 0.3) is 0 Å². The molecular weight excluding hydrogens is 232 g/mol. The molecule has 0 aliphatic heterocycles. The molecule has 4 nitrogen and oxygen atoms in total. The minimum absolute atomic E-state index is 0.237. The van der Waals surface area contributed by atoms with Crippen LogP contribution in [0.4, 0.5) is 0 Å². The van der Waals surface area contributed by atoms with E-state index >= 15 is 0 Å². The van der Waals surface area contributed by atoms with Crippen molar-refractivity contribution < 1.29 is 19.1 Å². The lowest BCUT2D eigenvalue weighted by molar-refractivity contribution is -0.164. The Labute approximate surface area is 110 Å². The number of esters is 1. The van der Waals surface area contributed by atoms with Crippen molar-refractivity contribution in [2.45, 2.75) is 60.2 Å². The molecule has 0 rings (SSSR count). The van der Waals surface area contributed by atoms with Crippen molar-refractivity contribution in [3.8, 4) is 0 Å². The van der Waals surface area contributed by atoms with Crippen LogP contribution in [0.1, 0.15) is 48.5 Å². The average molecular weight is 258 g/mol. The number of hydrogen-bond donors (Lipinski definition) is 0. The molecule has 0 spiro atoms. The van der Waals surface area contributed by atoms with Crippen LogP contribution in [0.15, 0.2) is 0 Å². The largest absolute Gasteiger partial charge is 0.459 e. The van der Waals surface area contributed by atoms with Crippen LogP contribution in [0, 0.1) is 11.3 Å². The van der Waals surface area contributed by atoms with Crippen molar-refractivity contribution in [1.82, 2.24) is 0 Å². The summed E-state index contributed by atoms with van der Waals surface area (Å²) in [4.78, 5) is 24.1. The monoisotopic (exact) mass is 258 g/mol. The molecule has 0 aromatic carbocycles. The van der Waals surface area contributed by atoms with E-state index in [4.69, 9.17) is 9.47 Å². The summed E-state index contributed by atoms with van der Waals surface area (Å²) in [6, 6.07) is 0. The van der Waals surface area contributed by atoms with E-state index < -0.39 is 23.6 Å². The van der Waals surface area contributed by atoms with Crippen LogP contribution >= 0.6 is 0 Å². The molecule has 0 saturated carbocycles. The number of methoxy groups -OCH3 is 1. The molecule has 0 fully saturated rings. The zero-order valence-corrected chi connectivity index (χ0v) is 12.8. The standard InChI is InChI=1S/C14H26O4/c1-9(12(16)18-14(5,6)7)10(15)11(17-8)13(2,3)4/h9,11H,1-8H3. The zero-order chi connectivity index (χ0) is 14.7. The van der Waals surface area contributed by atoms with Gasteiger partial charge in [-0.05, 0) is 33.1 Å². The maximum Gasteiger partial charge on any atom is 0.316 e. The minimum Gasteiger partial charge on any atom is -0.459 e. The third kappa shape index (κ3) is 5.17. The van der Waals surface area contributed by atoms with E-state index in [9.17, 15) is 9.59 Å². The Balaban J connectivity index is 4.83. The van der Waals surface area contributed by atoms with Gasteiger partial charge in [0, 0.05) is 7.11 Å². The number of ketones is 1. The molecule has 0 amide bonds. The molecule has 0 saturated heterocycles. The third-order valence-electron chi connectivity index (χ3n) is 2.47. The second kappa shape index (κ2) is 5.83. The molecule has 0 aromatic heterocycles. The molecule has 0 aliphatic rings. The van der Waals surface area contributed by atoms with Crippen LogP contribution in [-0.2, 0) is 19.1 Å². The highest BCUT2D eigenvalue weighted by molar-refractivity contribution is 6.01. The number of carbonyl (C=O) groups excluding carboxylic acids is 2. The fourth-order valence-electron chi connectivity index (χ4n) is 1.63. The topological polar surface area (TPSA) is 52.6 Å². The zero-order valence-electron chi connectivity index (χ0n) is 12.8. The molecule has 0 N–H and O–H groups in total. The van der Waals surface area contributed by atoms with Gasteiger partial charge >= 0.3 is 5.97 Å². The van der Waals surface area contributed by atoms with Gasteiger partial charge < -0.3 is 9.47 Å². The average Bonchev–Trinajstić information content (AvgIpc) is 2.12. The molecular formula is C14H26O4. The van der Waals surface area contributed by atoms with E-state index in [1.54, 1.807) is 27.7 Å². The summed E-state index contributed by atoms with van der Waals surface area (Å²) in [5, 5.41) is 0. The molecule has 0 aliphatic carbocycles. The van der Waals surface area contributed by atoms with E-state index in [0.717, 1.165) is 0 Å². The predicted octanol–water partition coefficient (Wildman–Crippen LogP) is 2.59. The van der Waals surface area contributed by atoms with Gasteiger partial charge in [-0.2, -0.15) is 0 Å². The molecule has 0 radical (unpaired) electrons. The van der Waals surface area contributed by atoms with Crippen molar-refractivity contribution in [2.24, 2.45) is 11.3 Å². The number of hydrogen-bond acceptors (Lipinski definition) is 4. The van der Waals surface area contributed by atoms with Crippen LogP contribution < -0.4 is 0 Å². The Hall–Kier alpha value is -0.900. The lowest BCUT2D eigenvalue weighted by Gasteiger charge is -2.30. The molecule has 0 heterocycles. The molecule has 2 unspecified atom stereocenters. The van der Waals surface area contributed by atoms with Crippen LogP contribution in [0.5, 0.6) is 0 Å². The van der Waals surface area contributed by atoms with Crippen molar-refractivity contribution in [2.75, 3.05) is 7.11 Å². The van der Waals surface area contributed by atoms with Gasteiger partial charge in [-0.25, -0.2) is 0 Å². The van der Waals surface area contributed by atoms with E-state index in [2.05, 4.69) is 0 Å². The lowest BCUT2D eigenvalue weighted by Crippen LogP contribution is -2.43. The molecule has 0 bridgehead atoms. The van der Waals surface area contributed by atoms with Crippen molar-refractivity contribution in [3.63, 3.8) is 0 Å². The molecule has 4 heteroatoms.